The highest BCUT2D eigenvalue weighted by Gasteiger charge is 2.20. The van der Waals surface area contributed by atoms with Crippen molar-refractivity contribution in [3.05, 3.63) is 29.3 Å². The number of fused-ring (bicyclic) bond motifs is 1. The Balaban J connectivity index is 2.05. The van der Waals surface area contributed by atoms with E-state index in [1.165, 1.54) is 7.11 Å². The van der Waals surface area contributed by atoms with E-state index < -0.39 is 5.97 Å². The average Bonchev–Trinajstić information content (AvgIpc) is 2.67. The molecule has 1 atom stereocenters. The molecule has 0 saturated carbocycles. The van der Waals surface area contributed by atoms with Gasteiger partial charge in [-0.2, -0.15) is 0 Å². The molecule has 0 saturated heterocycles. The zero-order valence-electron chi connectivity index (χ0n) is 9.10. The first kappa shape index (κ1) is 11.0. The summed E-state index contributed by atoms with van der Waals surface area (Å²) in [5.41, 5.74) is 2.06. The van der Waals surface area contributed by atoms with Crippen molar-refractivity contribution in [2.24, 2.45) is 0 Å². The molecule has 0 aromatic heterocycles. The number of benzene rings is 1. The minimum Gasteiger partial charge on any atom is -0.482 e. The van der Waals surface area contributed by atoms with Crippen molar-refractivity contribution in [1.29, 1.82) is 0 Å². The number of carbonyl (C=O) groups excluding carboxylic acids is 1. The Morgan fingerprint density at radius 2 is 2.38 bits per heavy atom. The number of ether oxygens (including phenoxy) is 2. The molecule has 1 aliphatic carbocycles. The van der Waals surface area contributed by atoms with Crippen molar-refractivity contribution in [3.8, 4) is 5.75 Å². The average molecular weight is 222 g/mol. The second-order valence-electron chi connectivity index (χ2n) is 3.78. The molecule has 1 aromatic carbocycles. The number of aliphatic hydroxyl groups excluding tert-OH is 1. The van der Waals surface area contributed by atoms with E-state index in [0.29, 0.717) is 5.75 Å². The standard InChI is InChI=1S/C12H14O4/c1-15-12(14)7-16-9-3-4-10-8(6-9)2-5-11(10)13/h3-4,6,11,13H,2,5,7H2,1H3/t11-/m0/s1. The van der Waals surface area contributed by atoms with Crippen LogP contribution >= 0.6 is 0 Å². The molecule has 1 aromatic rings. The summed E-state index contributed by atoms with van der Waals surface area (Å²) in [6, 6.07) is 5.48. The number of carbonyl (C=O) groups is 1. The summed E-state index contributed by atoms with van der Waals surface area (Å²) in [7, 11) is 1.32. The van der Waals surface area contributed by atoms with E-state index >= 15 is 0 Å². The van der Waals surface area contributed by atoms with Crippen molar-refractivity contribution in [3.63, 3.8) is 0 Å². The smallest absolute Gasteiger partial charge is 0.343 e. The number of aryl methyl sites for hydroxylation is 1. The lowest BCUT2D eigenvalue weighted by Gasteiger charge is -2.07. The van der Waals surface area contributed by atoms with Gasteiger partial charge in [0.2, 0.25) is 0 Å². The van der Waals surface area contributed by atoms with Crippen molar-refractivity contribution >= 4 is 5.97 Å². The van der Waals surface area contributed by atoms with E-state index in [1.807, 2.05) is 12.1 Å². The van der Waals surface area contributed by atoms with Gasteiger partial charge in [0.15, 0.2) is 6.61 Å². The van der Waals surface area contributed by atoms with Crippen LogP contribution in [0, 0.1) is 0 Å². The van der Waals surface area contributed by atoms with Crippen LogP contribution in [-0.2, 0) is 16.0 Å². The van der Waals surface area contributed by atoms with Gasteiger partial charge < -0.3 is 14.6 Å². The van der Waals surface area contributed by atoms with Crippen LogP contribution < -0.4 is 4.74 Å². The van der Waals surface area contributed by atoms with Crippen LogP contribution in [0.4, 0.5) is 0 Å². The van der Waals surface area contributed by atoms with Crippen molar-refractivity contribution in [2.45, 2.75) is 18.9 Å². The Kier molecular flexibility index (Phi) is 3.10. The lowest BCUT2D eigenvalue weighted by molar-refractivity contribution is -0.142. The third-order valence-corrected chi connectivity index (χ3v) is 2.74. The zero-order valence-corrected chi connectivity index (χ0v) is 9.10. The Hall–Kier alpha value is -1.55. The van der Waals surface area contributed by atoms with Gasteiger partial charge in [0.25, 0.3) is 0 Å². The highest BCUT2D eigenvalue weighted by atomic mass is 16.6. The van der Waals surface area contributed by atoms with Gasteiger partial charge in [0.05, 0.1) is 13.2 Å². The van der Waals surface area contributed by atoms with E-state index in [2.05, 4.69) is 4.74 Å². The van der Waals surface area contributed by atoms with Crippen molar-refractivity contribution in [2.75, 3.05) is 13.7 Å². The Morgan fingerprint density at radius 1 is 1.56 bits per heavy atom. The fourth-order valence-corrected chi connectivity index (χ4v) is 1.86. The first-order chi connectivity index (χ1) is 7.70. The highest BCUT2D eigenvalue weighted by molar-refractivity contribution is 5.70. The molecule has 0 amide bonds. The molecule has 0 unspecified atom stereocenters. The maximum atomic E-state index is 10.9. The van der Waals surface area contributed by atoms with E-state index in [9.17, 15) is 9.90 Å². The molecule has 2 rings (SSSR count). The summed E-state index contributed by atoms with van der Waals surface area (Å²) in [6.07, 6.45) is 1.26. The molecule has 16 heavy (non-hydrogen) atoms. The number of rotatable bonds is 3. The number of methoxy groups -OCH3 is 1. The summed E-state index contributed by atoms with van der Waals surface area (Å²) in [6.45, 7) is -0.0855. The third-order valence-electron chi connectivity index (χ3n) is 2.74. The molecule has 0 spiro atoms. The number of hydrogen-bond acceptors (Lipinski definition) is 4. The normalized spacial score (nSPS) is 18.0. The third kappa shape index (κ3) is 2.17. The minimum absolute atomic E-state index is 0.0855. The minimum atomic E-state index is -0.402. The maximum absolute atomic E-state index is 10.9. The molecule has 4 heteroatoms. The van der Waals surface area contributed by atoms with Crippen molar-refractivity contribution < 1.29 is 19.4 Å². The van der Waals surface area contributed by atoms with Crippen LogP contribution in [0.1, 0.15) is 23.7 Å². The molecule has 1 N–H and O–H groups in total. The van der Waals surface area contributed by atoms with Gasteiger partial charge in [0, 0.05) is 0 Å². The Morgan fingerprint density at radius 3 is 3.12 bits per heavy atom. The highest BCUT2D eigenvalue weighted by Crippen LogP contribution is 2.33. The molecular formula is C12H14O4. The second kappa shape index (κ2) is 4.53. The first-order valence-electron chi connectivity index (χ1n) is 5.21. The second-order valence-corrected chi connectivity index (χ2v) is 3.78. The molecule has 0 aliphatic heterocycles. The quantitative estimate of drug-likeness (QED) is 0.781. The van der Waals surface area contributed by atoms with Crippen LogP contribution in [0.5, 0.6) is 5.75 Å². The predicted octanol–water partition coefficient (Wildman–Crippen LogP) is 1.22. The SMILES string of the molecule is COC(=O)COc1ccc2c(c1)CC[C@@H]2O. The topological polar surface area (TPSA) is 55.8 Å². The lowest BCUT2D eigenvalue weighted by Crippen LogP contribution is -2.12. The molecule has 0 fully saturated rings. The Bertz CT molecular complexity index is 400. The largest absolute Gasteiger partial charge is 0.482 e. The van der Waals surface area contributed by atoms with Crippen LogP contribution in [0.3, 0.4) is 0 Å². The van der Waals surface area contributed by atoms with Crippen molar-refractivity contribution in [1.82, 2.24) is 0 Å². The lowest BCUT2D eigenvalue weighted by atomic mass is 10.1. The van der Waals surface area contributed by atoms with E-state index in [1.54, 1.807) is 6.07 Å². The van der Waals surface area contributed by atoms with Gasteiger partial charge in [-0.25, -0.2) is 4.79 Å². The fraction of sp³-hybridized carbons (Fsp3) is 0.417. The van der Waals surface area contributed by atoms with E-state index in [4.69, 9.17) is 4.74 Å². The molecular weight excluding hydrogens is 208 g/mol. The van der Waals surface area contributed by atoms with Gasteiger partial charge in [0.1, 0.15) is 5.75 Å². The van der Waals surface area contributed by atoms with Gasteiger partial charge >= 0.3 is 5.97 Å². The van der Waals surface area contributed by atoms with Crippen LogP contribution in [0.25, 0.3) is 0 Å². The number of hydrogen-bond donors (Lipinski definition) is 1. The Labute approximate surface area is 93.8 Å². The molecule has 0 radical (unpaired) electrons. The van der Waals surface area contributed by atoms with Crippen LogP contribution in [0.2, 0.25) is 0 Å². The summed E-state index contributed by atoms with van der Waals surface area (Å²) >= 11 is 0. The number of aliphatic hydroxyl groups is 1. The van der Waals surface area contributed by atoms with E-state index in [0.717, 1.165) is 24.0 Å². The van der Waals surface area contributed by atoms with E-state index in [-0.39, 0.29) is 12.7 Å². The molecule has 1 aliphatic rings. The number of esters is 1. The summed E-state index contributed by atoms with van der Waals surface area (Å²) in [4.78, 5) is 10.9. The van der Waals surface area contributed by atoms with Crippen LogP contribution in [-0.4, -0.2) is 24.8 Å². The van der Waals surface area contributed by atoms with Gasteiger partial charge in [-0.3, -0.25) is 0 Å². The fourth-order valence-electron chi connectivity index (χ4n) is 1.86. The zero-order chi connectivity index (χ0) is 11.5. The van der Waals surface area contributed by atoms with Gasteiger partial charge in [-0.15, -0.1) is 0 Å². The van der Waals surface area contributed by atoms with Gasteiger partial charge in [-0.05, 0) is 36.1 Å². The summed E-state index contributed by atoms with van der Waals surface area (Å²) < 4.78 is 9.74. The first-order valence-corrected chi connectivity index (χ1v) is 5.21. The van der Waals surface area contributed by atoms with Crippen LogP contribution in [0.15, 0.2) is 18.2 Å². The molecule has 0 heterocycles. The monoisotopic (exact) mass is 222 g/mol. The maximum Gasteiger partial charge on any atom is 0.343 e. The van der Waals surface area contributed by atoms with Gasteiger partial charge in [-0.1, -0.05) is 6.07 Å². The molecule has 86 valence electrons. The summed E-state index contributed by atoms with van der Waals surface area (Å²) in [5, 5.41) is 9.61. The predicted molar refractivity (Wildman–Crippen MR) is 57.2 cm³/mol. The molecule has 4 nitrogen and oxygen atoms in total. The molecule has 0 bridgehead atoms. The summed E-state index contributed by atoms with van der Waals surface area (Å²) in [5.74, 6) is 0.235.